The first-order valence-corrected chi connectivity index (χ1v) is 8.32. The first-order valence-electron chi connectivity index (χ1n) is 8.32. The van der Waals surface area contributed by atoms with Gasteiger partial charge in [0.15, 0.2) is 0 Å². The third kappa shape index (κ3) is 3.95. The first-order chi connectivity index (χ1) is 13.2. The molecule has 0 spiro atoms. The van der Waals surface area contributed by atoms with Crippen molar-refractivity contribution >= 4 is 34.3 Å². The number of pyridine rings is 1. The van der Waals surface area contributed by atoms with E-state index in [2.05, 4.69) is 15.3 Å². The van der Waals surface area contributed by atoms with Crippen LogP contribution < -0.4 is 16.2 Å². The molecule has 10 heteroatoms. The van der Waals surface area contributed by atoms with Crippen LogP contribution in [0.25, 0.3) is 11.0 Å². The lowest BCUT2D eigenvalue weighted by Crippen LogP contribution is -2.29. The zero-order valence-corrected chi connectivity index (χ0v) is 15.0. The third-order valence-corrected chi connectivity index (χ3v) is 4.00. The monoisotopic (exact) mass is 391 g/mol. The predicted octanol–water partition coefficient (Wildman–Crippen LogP) is 3.36. The maximum Gasteiger partial charge on any atom is 0.471 e. The number of aromatic nitrogens is 3. The summed E-state index contributed by atoms with van der Waals surface area (Å²) in [7, 11) is 0. The zero-order valence-electron chi connectivity index (χ0n) is 15.0. The summed E-state index contributed by atoms with van der Waals surface area (Å²) >= 11 is 0. The fourth-order valence-corrected chi connectivity index (χ4v) is 2.65. The highest BCUT2D eigenvalue weighted by molar-refractivity contribution is 5.95. The van der Waals surface area contributed by atoms with E-state index in [0.717, 1.165) is 5.39 Å². The van der Waals surface area contributed by atoms with Crippen LogP contribution in [0.5, 0.6) is 0 Å². The number of anilines is 3. The number of rotatable bonds is 4. The van der Waals surface area contributed by atoms with Gasteiger partial charge in [0.05, 0.1) is 5.69 Å². The zero-order chi connectivity index (χ0) is 20.5. The fraction of sp³-hybridized carbons (Fsp3) is 0.222. The first kappa shape index (κ1) is 19.3. The van der Waals surface area contributed by atoms with Crippen molar-refractivity contribution in [3.8, 4) is 0 Å². The molecule has 0 bridgehead atoms. The minimum atomic E-state index is -4.96. The van der Waals surface area contributed by atoms with Crippen molar-refractivity contribution in [2.45, 2.75) is 26.6 Å². The molecule has 0 saturated heterocycles. The van der Waals surface area contributed by atoms with Crippen molar-refractivity contribution < 1.29 is 18.0 Å². The number of halogens is 3. The Hall–Kier alpha value is -3.43. The fourth-order valence-electron chi connectivity index (χ4n) is 2.65. The van der Waals surface area contributed by atoms with E-state index >= 15 is 0 Å². The summed E-state index contributed by atoms with van der Waals surface area (Å²) in [6, 6.07) is 8.73. The number of aryl methyl sites for hydroxylation is 2. The van der Waals surface area contributed by atoms with E-state index in [9.17, 15) is 22.8 Å². The van der Waals surface area contributed by atoms with Gasteiger partial charge in [-0.15, -0.1) is 0 Å². The second-order valence-electron chi connectivity index (χ2n) is 5.94. The topological polar surface area (TPSA) is 88.9 Å². The minimum Gasteiger partial charge on any atom is -0.324 e. The summed E-state index contributed by atoms with van der Waals surface area (Å²) in [5.74, 6) is -1.80. The molecule has 146 valence electrons. The normalized spacial score (nSPS) is 11.5. The highest BCUT2D eigenvalue weighted by Gasteiger charge is 2.38. The van der Waals surface area contributed by atoms with E-state index in [-0.39, 0.29) is 17.2 Å². The molecule has 7 nitrogen and oxygen atoms in total. The van der Waals surface area contributed by atoms with Crippen molar-refractivity contribution in [1.29, 1.82) is 0 Å². The van der Waals surface area contributed by atoms with E-state index in [4.69, 9.17) is 0 Å². The van der Waals surface area contributed by atoms with Crippen molar-refractivity contribution in [3.05, 3.63) is 52.4 Å². The maximum absolute atomic E-state index is 12.3. The summed E-state index contributed by atoms with van der Waals surface area (Å²) in [5, 5.41) is 5.46. The van der Waals surface area contributed by atoms with E-state index in [0.29, 0.717) is 23.6 Å². The van der Waals surface area contributed by atoms with E-state index in [1.807, 2.05) is 6.92 Å². The number of hydrogen-bond acceptors (Lipinski definition) is 5. The molecule has 28 heavy (non-hydrogen) atoms. The Morgan fingerprint density at radius 2 is 1.71 bits per heavy atom. The van der Waals surface area contributed by atoms with Crippen molar-refractivity contribution in [2.24, 2.45) is 0 Å². The number of benzene rings is 1. The summed E-state index contributed by atoms with van der Waals surface area (Å²) < 4.78 is 38.4. The lowest BCUT2D eigenvalue weighted by Gasteiger charge is -2.12. The Kier molecular flexibility index (Phi) is 5.04. The molecule has 0 aliphatic rings. The van der Waals surface area contributed by atoms with Crippen LogP contribution in [0.3, 0.4) is 0 Å². The van der Waals surface area contributed by atoms with Gasteiger partial charge in [0.25, 0.3) is 5.56 Å². The molecule has 0 unspecified atom stereocenters. The van der Waals surface area contributed by atoms with Gasteiger partial charge >= 0.3 is 12.1 Å². The summed E-state index contributed by atoms with van der Waals surface area (Å²) in [5.41, 5.74) is 1.49. The lowest BCUT2D eigenvalue weighted by atomic mass is 10.2. The van der Waals surface area contributed by atoms with Crippen LogP contribution in [-0.4, -0.2) is 26.6 Å². The minimum absolute atomic E-state index is 0.00306. The maximum atomic E-state index is 12.3. The third-order valence-electron chi connectivity index (χ3n) is 4.00. The SMILES string of the molecule is CCn1c(=O)ccc2c(C)nc(Nc3ccc(NC(=O)C(F)(F)F)cc3)nc21. The number of alkyl halides is 3. The lowest BCUT2D eigenvalue weighted by molar-refractivity contribution is -0.167. The standard InChI is InChI=1S/C18H16F3N5O2/c1-3-26-14(27)9-8-13-10(2)22-17(25-15(13)26)24-12-6-4-11(5-7-12)23-16(28)18(19,20)21/h4-9H,3H2,1-2H3,(H,23,28)(H,22,24,25). The second kappa shape index (κ2) is 7.29. The number of nitrogens with zero attached hydrogens (tertiary/aromatic N) is 3. The van der Waals surface area contributed by atoms with Crippen LogP contribution in [0.15, 0.2) is 41.2 Å². The second-order valence-corrected chi connectivity index (χ2v) is 5.94. The quantitative estimate of drug-likeness (QED) is 0.712. The number of carbonyl (C=O) groups is 1. The molecule has 0 radical (unpaired) electrons. The Bertz CT molecular complexity index is 1090. The number of carbonyl (C=O) groups excluding carboxylic acids is 1. The van der Waals surface area contributed by atoms with Crippen LogP contribution in [-0.2, 0) is 11.3 Å². The Balaban J connectivity index is 1.87. The molecule has 0 aliphatic carbocycles. The Morgan fingerprint density at radius 1 is 1.07 bits per heavy atom. The molecule has 3 rings (SSSR count). The van der Waals surface area contributed by atoms with Gasteiger partial charge in [-0.2, -0.15) is 18.2 Å². The van der Waals surface area contributed by atoms with E-state index < -0.39 is 12.1 Å². The van der Waals surface area contributed by atoms with Gasteiger partial charge < -0.3 is 10.6 Å². The highest BCUT2D eigenvalue weighted by Crippen LogP contribution is 2.22. The number of nitrogens with one attached hydrogen (secondary N) is 2. The van der Waals surface area contributed by atoms with E-state index in [1.54, 1.807) is 18.3 Å². The molecule has 0 aliphatic heterocycles. The van der Waals surface area contributed by atoms with Gasteiger partial charge in [-0.3, -0.25) is 14.2 Å². The highest BCUT2D eigenvalue weighted by atomic mass is 19.4. The number of amides is 1. The molecular weight excluding hydrogens is 375 g/mol. The van der Waals surface area contributed by atoms with Crippen LogP contribution in [0, 0.1) is 6.92 Å². The predicted molar refractivity (Wildman–Crippen MR) is 98.6 cm³/mol. The average molecular weight is 391 g/mol. The largest absolute Gasteiger partial charge is 0.471 e. The molecule has 0 saturated carbocycles. The van der Waals surface area contributed by atoms with Gasteiger partial charge in [0, 0.05) is 29.4 Å². The summed E-state index contributed by atoms with van der Waals surface area (Å²) in [6.45, 7) is 4.06. The van der Waals surface area contributed by atoms with Crippen LogP contribution >= 0.6 is 0 Å². The molecule has 1 aromatic carbocycles. The summed E-state index contributed by atoms with van der Waals surface area (Å²) in [6.07, 6.45) is -4.96. The van der Waals surface area contributed by atoms with Crippen molar-refractivity contribution in [2.75, 3.05) is 10.6 Å². The number of fused-ring (bicyclic) bond motifs is 1. The van der Waals surface area contributed by atoms with Crippen molar-refractivity contribution in [3.63, 3.8) is 0 Å². The van der Waals surface area contributed by atoms with Gasteiger partial charge in [0.2, 0.25) is 5.95 Å². The molecule has 3 aromatic rings. The molecule has 0 atom stereocenters. The molecule has 2 aromatic heterocycles. The van der Waals surface area contributed by atoms with Crippen LogP contribution in [0.4, 0.5) is 30.5 Å². The van der Waals surface area contributed by atoms with Gasteiger partial charge in [-0.05, 0) is 44.2 Å². The van der Waals surface area contributed by atoms with E-state index in [1.165, 1.54) is 34.9 Å². The number of hydrogen-bond donors (Lipinski definition) is 2. The molecule has 1 amide bonds. The Labute approximate surface area is 157 Å². The summed E-state index contributed by atoms with van der Waals surface area (Å²) in [4.78, 5) is 31.7. The molecule has 0 fully saturated rings. The smallest absolute Gasteiger partial charge is 0.324 e. The van der Waals surface area contributed by atoms with Gasteiger partial charge in [-0.1, -0.05) is 0 Å². The average Bonchev–Trinajstić information content (AvgIpc) is 2.62. The molecule has 2 N–H and O–H groups in total. The van der Waals surface area contributed by atoms with Crippen molar-refractivity contribution in [1.82, 2.24) is 14.5 Å². The van der Waals surface area contributed by atoms with Gasteiger partial charge in [0.1, 0.15) is 5.65 Å². The van der Waals surface area contributed by atoms with Crippen LogP contribution in [0.2, 0.25) is 0 Å². The van der Waals surface area contributed by atoms with Gasteiger partial charge in [-0.25, -0.2) is 4.98 Å². The molecule has 2 heterocycles. The molecular formula is C18H16F3N5O2. The van der Waals surface area contributed by atoms with Crippen LogP contribution in [0.1, 0.15) is 12.6 Å². The Morgan fingerprint density at radius 3 is 2.32 bits per heavy atom.